The third-order valence-electron chi connectivity index (χ3n) is 4.26. The van der Waals surface area contributed by atoms with Crippen molar-refractivity contribution < 1.29 is 19.4 Å². The lowest BCUT2D eigenvalue weighted by molar-refractivity contribution is 0.0696. The number of methoxy groups -OCH3 is 1. The first-order valence-electron chi connectivity index (χ1n) is 8.14. The molecule has 0 bridgehead atoms. The van der Waals surface area contributed by atoms with Crippen LogP contribution in [0.5, 0.6) is 5.75 Å². The number of aryl methyl sites for hydroxylation is 1. The number of benzene rings is 1. The molecule has 1 fully saturated rings. The molecular formula is C19H20N2O4. The minimum Gasteiger partial charge on any atom is -0.497 e. The van der Waals surface area contributed by atoms with Crippen molar-refractivity contribution in [1.29, 1.82) is 0 Å². The second-order valence-corrected chi connectivity index (χ2v) is 6.25. The monoisotopic (exact) mass is 340 g/mol. The molecule has 3 rings (SSSR count). The Balaban J connectivity index is 1.87. The van der Waals surface area contributed by atoms with Gasteiger partial charge in [-0.2, -0.15) is 0 Å². The van der Waals surface area contributed by atoms with Crippen molar-refractivity contribution in [1.82, 2.24) is 10.3 Å². The van der Waals surface area contributed by atoms with E-state index in [1.165, 1.54) is 25.3 Å². The van der Waals surface area contributed by atoms with Crippen molar-refractivity contribution in [3.05, 3.63) is 58.9 Å². The largest absolute Gasteiger partial charge is 0.497 e. The molecule has 1 saturated carbocycles. The first kappa shape index (κ1) is 17.0. The Bertz CT molecular complexity index is 815. The van der Waals surface area contributed by atoms with Gasteiger partial charge in [-0.3, -0.25) is 9.78 Å². The summed E-state index contributed by atoms with van der Waals surface area (Å²) in [5.41, 5.74) is 2.00. The van der Waals surface area contributed by atoms with Gasteiger partial charge < -0.3 is 15.2 Å². The van der Waals surface area contributed by atoms with Crippen molar-refractivity contribution in [2.75, 3.05) is 7.11 Å². The number of hydrogen-bond donors (Lipinski definition) is 2. The molecular weight excluding hydrogens is 320 g/mol. The van der Waals surface area contributed by atoms with Crippen LogP contribution in [0.1, 0.15) is 51.0 Å². The third kappa shape index (κ3) is 3.96. The number of pyridine rings is 1. The van der Waals surface area contributed by atoms with E-state index in [1.54, 1.807) is 0 Å². The molecule has 1 aliphatic carbocycles. The lowest BCUT2D eigenvalue weighted by Crippen LogP contribution is -2.30. The number of nitrogens with one attached hydrogen (secondary N) is 1. The standard InChI is InChI=1S/C19H20N2O4/c1-11-4-3-5-16(20-11)17(12-6-7-12)21-18(22)13-8-14(19(23)24)10-15(9-13)25-2/h3-5,8-10,12,17H,6-7H2,1-2H3,(H,21,22)(H,23,24)/t17-/m1/s1. The summed E-state index contributed by atoms with van der Waals surface area (Å²) in [7, 11) is 1.44. The van der Waals surface area contributed by atoms with Gasteiger partial charge in [0.15, 0.2) is 0 Å². The van der Waals surface area contributed by atoms with Crippen LogP contribution in [0.15, 0.2) is 36.4 Å². The molecule has 2 N–H and O–H groups in total. The Morgan fingerprint density at radius 2 is 1.96 bits per heavy atom. The molecule has 6 nitrogen and oxygen atoms in total. The zero-order valence-corrected chi connectivity index (χ0v) is 14.2. The normalized spacial score (nSPS) is 14.6. The lowest BCUT2D eigenvalue weighted by Gasteiger charge is -2.18. The summed E-state index contributed by atoms with van der Waals surface area (Å²) >= 11 is 0. The van der Waals surface area contributed by atoms with E-state index in [2.05, 4.69) is 10.3 Å². The van der Waals surface area contributed by atoms with Gasteiger partial charge in [0, 0.05) is 11.3 Å². The number of rotatable bonds is 6. The van der Waals surface area contributed by atoms with E-state index in [0.29, 0.717) is 11.7 Å². The number of carboxylic acids is 1. The van der Waals surface area contributed by atoms with Crippen molar-refractivity contribution >= 4 is 11.9 Å². The predicted molar refractivity (Wildman–Crippen MR) is 91.9 cm³/mol. The fourth-order valence-electron chi connectivity index (χ4n) is 2.80. The number of aromatic carboxylic acids is 1. The zero-order chi connectivity index (χ0) is 18.0. The smallest absolute Gasteiger partial charge is 0.335 e. The van der Waals surface area contributed by atoms with Crippen LogP contribution >= 0.6 is 0 Å². The third-order valence-corrected chi connectivity index (χ3v) is 4.26. The van der Waals surface area contributed by atoms with Crippen LogP contribution in [0, 0.1) is 12.8 Å². The molecule has 1 aliphatic rings. The molecule has 130 valence electrons. The molecule has 25 heavy (non-hydrogen) atoms. The predicted octanol–water partition coefficient (Wildman–Crippen LogP) is 2.98. The van der Waals surface area contributed by atoms with Gasteiger partial charge in [0.05, 0.1) is 24.4 Å². The van der Waals surface area contributed by atoms with Crippen LogP contribution in [0.2, 0.25) is 0 Å². The SMILES string of the molecule is COc1cc(C(=O)O)cc(C(=O)N[C@@H](c2cccc(C)n2)C2CC2)c1. The van der Waals surface area contributed by atoms with E-state index in [4.69, 9.17) is 4.74 Å². The maximum Gasteiger partial charge on any atom is 0.335 e. The van der Waals surface area contributed by atoms with Crippen molar-refractivity contribution in [2.24, 2.45) is 5.92 Å². The van der Waals surface area contributed by atoms with Crippen LogP contribution in [-0.4, -0.2) is 29.1 Å². The van der Waals surface area contributed by atoms with Crippen LogP contribution in [0.4, 0.5) is 0 Å². The Hall–Kier alpha value is -2.89. The molecule has 0 saturated heterocycles. The molecule has 0 radical (unpaired) electrons. The highest BCUT2D eigenvalue weighted by atomic mass is 16.5. The van der Waals surface area contributed by atoms with E-state index in [9.17, 15) is 14.7 Å². The molecule has 0 spiro atoms. The number of carbonyl (C=O) groups excluding carboxylic acids is 1. The molecule has 2 aromatic rings. The van der Waals surface area contributed by atoms with Gasteiger partial charge in [-0.25, -0.2) is 4.79 Å². The van der Waals surface area contributed by atoms with Crippen molar-refractivity contribution in [3.8, 4) is 5.75 Å². The topological polar surface area (TPSA) is 88.5 Å². The number of nitrogens with zero attached hydrogens (tertiary/aromatic N) is 1. The molecule has 1 aromatic carbocycles. The van der Waals surface area contributed by atoms with Crippen LogP contribution in [0.25, 0.3) is 0 Å². The quantitative estimate of drug-likeness (QED) is 0.844. The van der Waals surface area contributed by atoms with E-state index >= 15 is 0 Å². The van der Waals surface area contributed by atoms with Crippen molar-refractivity contribution in [2.45, 2.75) is 25.8 Å². The molecule has 6 heteroatoms. The zero-order valence-electron chi connectivity index (χ0n) is 14.2. The number of hydrogen-bond acceptors (Lipinski definition) is 4. The van der Waals surface area contributed by atoms with Gasteiger partial charge >= 0.3 is 5.97 Å². The average molecular weight is 340 g/mol. The molecule has 1 amide bonds. The van der Waals surface area contributed by atoms with Crippen LogP contribution in [0.3, 0.4) is 0 Å². The number of carboxylic acid groups (broad SMARTS) is 1. The molecule has 0 aliphatic heterocycles. The molecule has 0 unspecified atom stereocenters. The maximum absolute atomic E-state index is 12.7. The maximum atomic E-state index is 12.7. The highest BCUT2D eigenvalue weighted by molar-refractivity contribution is 5.98. The van der Waals surface area contributed by atoms with E-state index in [-0.39, 0.29) is 23.1 Å². The Labute approximate surface area is 145 Å². The fourth-order valence-corrected chi connectivity index (χ4v) is 2.80. The summed E-state index contributed by atoms with van der Waals surface area (Å²) in [5, 5.41) is 12.2. The van der Waals surface area contributed by atoms with Crippen LogP contribution in [-0.2, 0) is 0 Å². The van der Waals surface area contributed by atoms with Gasteiger partial charge in [0.1, 0.15) is 5.75 Å². The van der Waals surface area contributed by atoms with Gasteiger partial charge in [-0.1, -0.05) is 6.07 Å². The van der Waals surface area contributed by atoms with E-state index in [0.717, 1.165) is 24.2 Å². The van der Waals surface area contributed by atoms with Gasteiger partial charge in [-0.05, 0) is 56.0 Å². The Morgan fingerprint density at radius 1 is 1.24 bits per heavy atom. The summed E-state index contributed by atoms with van der Waals surface area (Å²) in [5.74, 6) is -0.738. The molecule has 1 aromatic heterocycles. The molecule has 1 atom stereocenters. The summed E-state index contributed by atoms with van der Waals surface area (Å²) < 4.78 is 5.11. The number of carbonyl (C=O) groups is 2. The minimum absolute atomic E-state index is 0.0150. The Kier molecular flexibility index (Phi) is 4.70. The second-order valence-electron chi connectivity index (χ2n) is 6.25. The minimum atomic E-state index is -1.10. The second kappa shape index (κ2) is 6.93. The van der Waals surface area contributed by atoms with Gasteiger partial charge in [0.2, 0.25) is 0 Å². The number of aromatic nitrogens is 1. The average Bonchev–Trinajstić information content (AvgIpc) is 3.43. The van der Waals surface area contributed by atoms with Crippen LogP contribution < -0.4 is 10.1 Å². The van der Waals surface area contributed by atoms with Crippen molar-refractivity contribution in [3.63, 3.8) is 0 Å². The number of ether oxygens (including phenoxy) is 1. The fraction of sp³-hybridized carbons (Fsp3) is 0.316. The first-order chi connectivity index (χ1) is 12.0. The van der Waals surface area contributed by atoms with Gasteiger partial charge in [0.25, 0.3) is 5.91 Å². The lowest BCUT2D eigenvalue weighted by atomic mass is 10.1. The Morgan fingerprint density at radius 3 is 2.56 bits per heavy atom. The molecule has 1 heterocycles. The summed E-state index contributed by atoms with van der Waals surface area (Å²) in [6.45, 7) is 1.91. The summed E-state index contributed by atoms with van der Waals surface area (Å²) in [6.07, 6.45) is 2.08. The summed E-state index contributed by atoms with van der Waals surface area (Å²) in [6, 6.07) is 9.85. The van der Waals surface area contributed by atoms with Gasteiger partial charge in [-0.15, -0.1) is 0 Å². The highest BCUT2D eigenvalue weighted by Gasteiger charge is 2.34. The highest BCUT2D eigenvalue weighted by Crippen LogP contribution is 2.40. The first-order valence-corrected chi connectivity index (χ1v) is 8.14. The number of amides is 1. The van der Waals surface area contributed by atoms with E-state index in [1.807, 2.05) is 25.1 Å². The van der Waals surface area contributed by atoms with E-state index < -0.39 is 5.97 Å². The summed E-state index contributed by atoms with van der Waals surface area (Å²) in [4.78, 5) is 28.5.